The molecule has 2 aromatic heterocycles. The summed E-state index contributed by atoms with van der Waals surface area (Å²) in [5.74, 6) is 4.09. The number of aryl methyl sites for hydroxylation is 1. The predicted molar refractivity (Wildman–Crippen MR) is 282 cm³/mol. The lowest BCUT2D eigenvalue weighted by Gasteiger charge is -2.58. The van der Waals surface area contributed by atoms with Gasteiger partial charge in [-0.3, -0.25) is 14.2 Å². The lowest BCUT2D eigenvalue weighted by Crippen LogP contribution is -2.51. The van der Waals surface area contributed by atoms with E-state index in [9.17, 15) is 0 Å². The molecule has 7 nitrogen and oxygen atoms in total. The first-order chi connectivity index (χ1) is 33.5. The minimum absolute atomic E-state index is 0.0631. The van der Waals surface area contributed by atoms with Crippen molar-refractivity contribution in [2.45, 2.75) is 149 Å². The van der Waals surface area contributed by atoms with Crippen molar-refractivity contribution in [3.63, 3.8) is 0 Å². The fourth-order valence-corrected chi connectivity index (χ4v) is 17.0. The van der Waals surface area contributed by atoms with Crippen LogP contribution in [0, 0.1) is 53.3 Å². The van der Waals surface area contributed by atoms with E-state index in [-0.39, 0.29) is 41.1 Å². The number of carbonyl (C=O) groups is 2. The van der Waals surface area contributed by atoms with Crippen LogP contribution in [0.4, 0.5) is 0 Å². The third-order valence-corrected chi connectivity index (χ3v) is 20.9. The Hall–Kier alpha value is -5.05. The van der Waals surface area contributed by atoms with Crippen LogP contribution in [0.5, 0.6) is 0 Å². The van der Waals surface area contributed by atoms with E-state index in [4.69, 9.17) is 4.74 Å². The summed E-state index contributed by atoms with van der Waals surface area (Å²) in [7, 11) is -4.21. The summed E-state index contributed by atoms with van der Waals surface area (Å²) in [6, 6.07) is 32.0. The molecule has 70 heavy (non-hydrogen) atoms. The highest BCUT2D eigenvalue weighted by Gasteiger charge is 2.59. The molecule has 4 aromatic carbocycles. The zero-order valence-electron chi connectivity index (χ0n) is 42.5. The number of carbonyl (C=O) groups excluding carboxylic acids is 2. The van der Waals surface area contributed by atoms with E-state index in [0.29, 0.717) is 33.5 Å². The van der Waals surface area contributed by atoms with Crippen LogP contribution in [0.3, 0.4) is 0 Å². The lowest BCUT2D eigenvalue weighted by molar-refractivity contribution is -0.0659. The van der Waals surface area contributed by atoms with Gasteiger partial charge in [-0.15, -0.1) is 0 Å². The van der Waals surface area contributed by atoms with E-state index >= 15 is 18.0 Å². The second-order valence-electron chi connectivity index (χ2n) is 23.6. The van der Waals surface area contributed by atoms with Crippen molar-refractivity contribution in [1.82, 2.24) is 8.54 Å². The molecule has 8 heteroatoms. The average Bonchev–Trinajstić information content (AvgIpc) is 4.02. The summed E-state index contributed by atoms with van der Waals surface area (Å²) >= 11 is 0. The van der Waals surface area contributed by atoms with Crippen LogP contribution in [0.1, 0.15) is 151 Å². The molecule has 0 amide bonds. The summed E-state index contributed by atoms with van der Waals surface area (Å²) in [6.45, 7) is 16.2. The highest BCUT2D eigenvalue weighted by Crippen LogP contribution is 2.67. The van der Waals surface area contributed by atoms with Gasteiger partial charge in [0.1, 0.15) is 0 Å². The maximum Gasteiger partial charge on any atom is 0.268 e. The molecule has 1 unspecified atom stereocenters. The summed E-state index contributed by atoms with van der Waals surface area (Å²) < 4.78 is 40.3. The lowest BCUT2D eigenvalue weighted by atomic mass is 9.47. The molecule has 1 aliphatic heterocycles. The highest BCUT2D eigenvalue weighted by molar-refractivity contribution is 7.90. The molecule has 0 saturated heterocycles. The summed E-state index contributed by atoms with van der Waals surface area (Å²) in [5, 5.41) is 1.49. The first-order valence-electron chi connectivity index (χ1n) is 26.6. The van der Waals surface area contributed by atoms with Crippen molar-refractivity contribution in [2.24, 2.45) is 46.3 Å². The van der Waals surface area contributed by atoms with Crippen LogP contribution in [0.2, 0.25) is 0 Å². The molecule has 6 aromatic rings. The number of benzene rings is 4. The van der Waals surface area contributed by atoms with Gasteiger partial charge in [0.2, 0.25) is 5.91 Å². The molecule has 0 spiro atoms. The number of rotatable bonds is 13. The maximum absolute atomic E-state index is 15.6. The molecule has 0 N–H and O–H groups in total. The minimum atomic E-state index is -4.21. The van der Waals surface area contributed by atoms with Crippen molar-refractivity contribution in [1.29, 1.82) is 0 Å². The summed E-state index contributed by atoms with van der Waals surface area (Å²) in [5.41, 5.74) is 6.09. The second kappa shape index (κ2) is 17.6. The fraction of sp³-hybridized carbons (Fsp3) is 0.484. The Kier molecular flexibility index (Phi) is 11.9. The van der Waals surface area contributed by atoms with Gasteiger partial charge in [-0.05, 0) is 147 Å². The monoisotopic (exact) mass is 957 g/mol. The number of Topliss-reactive ketones (excluding diaryl/α,β-unsaturated/α-hetero) is 1. The van der Waals surface area contributed by atoms with Gasteiger partial charge >= 0.3 is 0 Å². The number of nitrogens with zero attached hydrogens (tertiary/aromatic N) is 2. The van der Waals surface area contributed by atoms with Gasteiger partial charge in [-0.2, -0.15) is 0 Å². The minimum Gasteiger partial charge on any atom is -0.372 e. The van der Waals surface area contributed by atoms with Gasteiger partial charge in [-0.1, -0.05) is 144 Å². The third kappa shape index (κ3) is 7.46. The highest BCUT2D eigenvalue weighted by atomic mass is 32.2. The molecular formula is C62H72N2O5S. The number of para-hydroxylation sites is 2. The maximum atomic E-state index is 15.6. The van der Waals surface area contributed by atoms with Gasteiger partial charge in [0.05, 0.1) is 45.4 Å². The van der Waals surface area contributed by atoms with Gasteiger partial charge < -0.3 is 4.74 Å². The first-order valence-corrected chi connectivity index (χ1v) is 28.0. The largest absolute Gasteiger partial charge is 0.372 e. The van der Waals surface area contributed by atoms with Crippen molar-refractivity contribution in [3.05, 3.63) is 137 Å². The standard InChI is InChI=1S/C62H72N2O5S/c1-39(2)15-14-16-41(4)49-29-30-51-46-28-25-43-36-44(31-33-60(43,5)52(46)32-34-61(49,51)6)69-38-56-58(48-19-10-13-22-54(48)64(56)70(67,68)45-26-23-40(3)24-27-45)57(65)37-62(7)50-20-11-9-18-47(50)55-35-42-17-8-12-21-53(42)63(55)59(62)66/h8-13,17-27,35,39,41,44,46,49,51-52H,14-16,28-34,36-38H2,1-7H3/t41-,44+,46+,49-,51+,52+,60+,61-,62?/m1/s1. The SMILES string of the molecule is Cc1ccc(S(=O)(=O)n2c(CO[C@H]3CC[C@@]4(C)C(=CC[C@H]5[C@@H]6CC[C@H]([C@H](C)CCCC(C)C)[C@@]6(C)CC[C@@H]54)C3)c(C(=O)CC3(C)C(=O)n4c(cc5ccccc54)-c4ccccc43)c3ccccc32)cc1. The quantitative estimate of drug-likeness (QED) is 0.0850. The van der Waals surface area contributed by atoms with E-state index in [1.807, 2.05) is 98.8 Å². The molecule has 366 valence electrons. The Morgan fingerprint density at radius 1 is 0.814 bits per heavy atom. The van der Waals surface area contributed by atoms with E-state index in [0.717, 1.165) is 88.6 Å². The van der Waals surface area contributed by atoms with E-state index in [2.05, 4.69) is 40.7 Å². The first kappa shape index (κ1) is 47.3. The Bertz CT molecular complexity index is 3170. The number of fused-ring (bicyclic) bond motifs is 11. The van der Waals surface area contributed by atoms with Gasteiger partial charge in [0.25, 0.3) is 10.0 Å². The van der Waals surface area contributed by atoms with E-state index in [1.165, 1.54) is 54.5 Å². The molecule has 3 fully saturated rings. The number of allylic oxidation sites excluding steroid dienone is 1. The summed E-state index contributed by atoms with van der Waals surface area (Å²) in [6.07, 6.45) is 15.6. The molecule has 0 bridgehead atoms. The summed E-state index contributed by atoms with van der Waals surface area (Å²) in [4.78, 5) is 30.8. The van der Waals surface area contributed by atoms with Crippen LogP contribution >= 0.6 is 0 Å². The Morgan fingerprint density at radius 3 is 2.33 bits per heavy atom. The second-order valence-corrected chi connectivity index (χ2v) is 25.4. The number of hydrogen-bond acceptors (Lipinski definition) is 5. The van der Waals surface area contributed by atoms with Gasteiger partial charge in [0.15, 0.2) is 5.78 Å². The zero-order chi connectivity index (χ0) is 48.9. The number of ether oxygens (including phenoxy) is 1. The van der Waals surface area contributed by atoms with E-state index in [1.54, 1.807) is 22.8 Å². The normalized spacial score (nSPS) is 28.8. The number of ketones is 1. The molecule has 11 rings (SSSR count). The average molecular weight is 957 g/mol. The predicted octanol–water partition coefficient (Wildman–Crippen LogP) is 14.9. The molecule has 0 radical (unpaired) electrons. The van der Waals surface area contributed by atoms with Crippen molar-refractivity contribution >= 4 is 43.5 Å². The molecule has 3 saturated carbocycles. The van der Waals surface area contributed by atoms with Crippen LogP contribution in [0.25, 0.3) is 33.1 Å². The van der Waals surface area contributed by atoms with Gasteiger partial charge in [-0.25, -0.2) is 12.4 Å². The molecular weight excluding hydrogens is 885 g/mol. The van der Waals surface area contributed by atoms with Crippen molar-refractivity contribution in [3.8, 4) is 11.3 Å². The fourth-order valence-electron chi connectivity index (χ4n) is 15.5. The van der Waals surface area contributed by atoms with Crippen molar-refractivity contribution in [2.75, 3.05) is 0 Å². The van der Waals surface area contributed by atoms with E-state index < -0.39 is 15.4 Å². The Balaban J connectivity index is 0.913. The third-order valence-electron chi connectivity index (χ3n) is 19.2. The topological polar surface area (TPSA) is 87.4 Å². The molecule has 9 atom stereocenters. The molecule has 5 aliphatic rings. The van der Waals surface area contributed by atoms with Crippen molar-refractivity contribution < 1.29 is 22.7 Å². The molecule has 4 aliphatic carbocycles. The van der Waals surface area contributed by atoms with Crippen LogP contribution in [-0.4, -0.2) is 34.8 Å². The number of aromatic nitrogens is 2. The Labute approximate surface area is 416 Å². The number of hydrogen-bond donors (Lipinski definition) is 0. The van der Waals surface area contributed by atoms with Crippen LogP contribution in [0.15, 0.2) is 120 Å². The zero-order valence-corrected chi connectivity index (χ0v) is 43.3. The Morgan fingerprint density at radius 2 is 1.54 bits per heavy atom. The smallest absolute Gasteiger partial charge is 0.268 e. The molecule has 3 heterocycles. The van der Waals surface area contributed by atoms with Gasteiger partial charge in [0, 0.05) is 28.3 Å². The van der Waals surface area contributed by atoms with Crippen LogP contribution in [-0.2, 0) is 26.8 Å². The van der Waals surface area contributed by atoms with Crippen LogP contribution < -0.4 is 0 Å².